The fourth-order valence-electron chi connectivity index (χ4n) is 2.37. The summed E-state index contributed by atoms with van der Waals surface area (Å²) in [5.41, 5.74) is 3.34. The largest absolute Gasteiger partial charge is 0.439 e. The molecule has 0 fully saturated rings. The van der Waals surface area contributed by atoms with E-state index in [0.717, 1.165) is 35.7 Å². The molecule has 0 saturated carbocycles. The van der Waals surface area contributed by atoms with Gasteiger partial charge in [-0.05, 0) is 50.2 Å². The first-order valence-electron chi connectivity index (χ1n) is 7.64. The summed E-state index contributed by atoms with van der Waals surface area (Å²) in [5.74, 6) is 2.21. The number of hydrogen-bond donors (Lipinski definition) is 2. The highest BCUT2D eigenvalue weighted by Crippen LogP contribution is 2.25. The lowest BCUT2D eigenvalue weighted by Gasteiger charge is -2.10. The van der Waals surface area contributed by atoms with Crippen LogP contribution in [-0.2, 0) is 6.42 Å². The summed E-state index contributed by atoms with van der Waals surface area (Å²) in [6.45, 7) is 3.02. The van der Waals surface area contributed by atoms with Gasteiger partial charge in [-0.2, -0.15) is 0 Å². The minimum absolute atomic E-state index is 0.575. The van der Waals surface area contributed by atoms with Crippen molar-refractivity contribution >= 4 is 0 Å². The van der Waals surface area contributed by atoms with Gasteiger partial charge in [-0.15, -0.1) is 0 Å². The Bertz CT molecular complexity index is 751. The molecule has 0 radical (unpaired) electrons. The van der Waals surface area contributed by atoms with Crippen LogP contribution in [0.1, 0.15) is 11.1 Å². The molecule has 0 saturated heterocycles. The van der Waals surface area contributed by atoms with Crippen LogP contribution in [0.5, 0.6) is 11.6 Å². The Morgan fingerprint density at radius 2 is 2.09 bits per heavy atom. The van der Waals surface area contributed by atoms with Crippen LogP contribution in [0.15, 0.2) is 48.9 Å². The van der Waals surface area contributed by atoms with Gasteiger partial charge < -0.3 is 15.0 Å². The average Bonchev–Trinajstić information content (AvgIpc) is 3.10. The Labute approximate surface area is 135 Å². The molecule has 0 aliphatic heterocycles. The van der Waals surface area contributed by atoms with Crippen molar-refractivity contribution in [1.82, 2.24) is 20.3 Å². The van der Waals surface area contributed by atoms with E-state index >= 15 is 0 Å². The number of H-pyrrole nitrogens is 1. The Kier molecular flexibility index (Phi) is 4.68. The van der Waals surface area contributed by atoms with Crippen molar-refractivity contribution in [2.75, 3.05) is 13.6 Å². The zero-order chi connectivity index (χ0) is 16.1. The normalized spacial score (nSPS) is 10.7. The van der Waals surface area contributed by atoms with Crippen molar-refractivity contribution < 1.29 is 4.74 Å². The smallest absolute Gasteiger partial charge is 0.219 e. The van der Waals surface area contributed by atoms with Crippen LogP contribution in [0.4, 0.5) is 0 Å². The molecular formula is C18H20N4O. The van der Waals surface area contributed by atoms with Crippen LogP contribution in [0.25, 0.3) is 11.4 Å². The standard InChI is InChI=1S/C18H20N4O/c1-13-11-14(7-8-19-2)3-5-16(13)23-17-6-4-15(12-22-17)18-20-9-10-21-18/h3-6,9-12,19H,7-8H2,1-2H3,(H,20,21). The SMILES string of the molecule is CNCCc1ccc(Oc2ccc(-c3ncc[nH]3)cn2)c(C)c1. The topological polar surface area (TPSA) is 62.8 Å². The van der Waals surface area contributed by atoms with Crippen LogP contribution < -0.4 is 10.1 Å². The summed E-state index contributed by atoms with van der Waals surface area (Å²) >= 11 is 0. The second-order valence-corrected chi connectivity index (χ2v) is 5.38. The maximum atomic E-state index is 5.88. The lowest BCUT2D eigenvalue weighted by Crippen LogP contribution is -2.10. The molecule has 5 nitrogen and oxygen atoms in total. The van der Waals surface area contributed by atoms with Gasteiger partial charge in [0, 0.05) is 30.2 Å². The molecule has 23 heavy (non-hydrogen) atoms. The molecule has 3 aromatic rings. The highest BCUT2D eigenvalue weighted by molar-refractivity contribution is 5.53. The minimum atomic E-state index is 0.575. The summed E-state index contributed by atoms with van der Waals surface area (Å²) in [7, 11) is 1.96. The van der Waals surface area contributed by atoms with E-state index in [4.69, 9.17) is 4.74 Å². The van der Waals surface area contributed by atoms with Gasteiger partial charge in [0.15, 0.2) is 0 Å². The molecule has 1 aromatic carbocycles. The third kappa shape index (κ3) is 3.76. The maximum Gasteiger partial charge on any atom is 0.219 e. The number of aromatic nitrogens is 3. The predicted octanol–water partition coefficient (Wildman–Crippen LogP) is 3.33. The molecule has 0 aliphatic rings. The van der Waals surface area contributed by atoms with Crippen molar-refractivity contribution in [2.45, 2.75) is 13.3 Å². The first kappa shape index (κ1) is 15.2. The summed E-state index contributed by atoms with van der Waals surface area (Å²) < 4.78 is 5.88. The van der Waals surface area contributed by atoms with Crippen molar-refractivity contribution in [2.24, 2.45) is 0 Å². The number of pyridine rings is 1. The number of aryl methyl sites for hydroxylation is 1. The van der Waals surface area contributed by atoms with Crippen molar-refractivity contribution in [3.05, 3.63) is 60.0 Å². The first-order valence-corrected chi connectivity index (χ1v) is 7.64. The fraction of sp³-hybridized carbons (Fsp3) is 0.222. The van der Waals surface area contributed by atoms with E-state index in [1.54, 1.807) is 18.6 Å². The zero-order valence-electron chi connectivity index (χ0n) is 13.3. The molecule has 0 amide bonds. The Hall–Kier alpha value is -2.66. The quantitative estimate of drug-likeness (QED) is 0.733. The summed E-state index contributed by atoms with van der Waals surface area (Å²) in [6, 6.07) is 10.0. The predicted molar refractivity (Wildman–Crippen MR) is 90.7 cm³/mol. The number of rotatable bonds is 6. The number of hydrogen-bond acceptors (Lipinski definition) is 4. The fourth-order valence-corrected chi connectivity index (χ4v) is 2.37. The van der Waals surface area contributed by atoms with Crippen molar-refractivity contribution in [3.8, 4) is 23.0 Å². The molecule has 5 heteroatoms. The van der Waals surface area contributed by atoms with Gasteiger partial charge in [0.05, 0.1) is 0 Å². The summed E-state index contributed by atoms with van der Waals surface area (Å²) in [5, 5.41) is 3.16. The zero-order valence-corrected chi connectivity index (χ0v) is 13.3. The Balaban J connectivity index is 1.71. The van der Waals surface area contributed by atoms with Crippen LogP contribution >= 0.6 is 0 Å². The average molecular weight is 308 g/mol. The van der Waals surface area contributed by atoms with Gasteiger partial charge in [-0.3, -0.25) is 0 Å². The second-order valence-electron chi connectivity index (χ2n) is 5.38. The molecule has 0 bridgehead atoms. The van der Waals surface area contributed by atoms with Crippen molar-refractivity contribution in [3.63, 3.8) is 0 Å². The van der Waals surface area contributed by atoms with E-state index in [2.05, 4.69) is 39.3 Å². The highest BCUT2D eigenvalue weighted by Gasteiger charge is 2.05. The van der Waals surface area contributed by atoms with E-state index in [1.807, 2.05) is 25.2 Å². The molecule has 0 unspecified atom stereocenters. The van der Waals surface area contributed by atoms with E-state index in [-0.39, 0.29) is 0 Å². The van der Waals surface area contributed by atoms with Gasteiger partial charge in [0.2, 0.25) is 5.88 Å². The number of nitrogens with zero attached hydrogens (tertiary/aromatic N) is 2. The number of ether oxygens (including phenoxy) is 1. The lowest BCUT2D eigenvalue weighted by atomic mass is 10.1. The van der Waals surface area contributed by atoms with Gasteiger partial charge in [0.1, 0.15) is 11.6 Å². The van der Waals surface area contributed by atoms with Gasteiger partial charge >= 0.3 is 0 Å². The van der Waals surface area contributed by atoms with Gasteiger partial charge in [-0.1, -0.05) is 12.1 Å². The summed E-state index contributed by atoms with van der Waals surface area (Å²) in [4.78, 5) is 11.6. The number of nitrogens with one attached hydrogen (secondary N) is 2. The first-order chi connectivity index (χ1) is 11.3. The molecule has 2 N–H and O–H groups in total. The molecule has 0 aliphatic carbocycles. The highest BCUT2D eigenvalue weighted by atomic mass is 16.5. The van der Waals surface area contributed by atoms with Crippen LogP contribution in [0, 0.1) is 6.92 Å². The number of imidazole rings is 1. The molecule has 2 heterocycles. The molecule has 118 valence electrons. The van der Waals surface area contributed by atoms with Crippen LogP contribution in [-0.4, -0.2) is 28.5 Å². The molecule has 0 atom stereocenters. The minimum Gasteiger partial charge on any atom is -0.439 e. The van der Waals surface area contributed by atoms with E-state index in [9.17, 15) is 0 Å². The molecule has 2 aromatic heterocycles. The summed E-state index contributed by atoms with van der Waals surface area (Å²) in [6.07, 6.45) is 6.27. The number of benzene rings is 1. The third-order valence-electron chi connectivity index (χ3n) is 3.63. The van der Waals surface area contributed by atoms with Crippen molar-refractivity contribution in [1.29, 1.82) is 0 Å². The number of aromatic amines is 1. The van der Waals surface area contributed by atoms with Crippen LogP contribution in [0.3, 0.4) is 0 Å². The van der Waals surface area contributed by atoms with Gasteiger partial charge in [0.25, 0.3) is 0 Å². The monoisotopic (exact) mass is 308 g/mol. The molecule has 3 rings (SSSR count). The maximum absolute atomic E-state index is 5.88. The lowest BCUT2D eigenvalue weighted by molar-refractivity contribution is 0.459. The Morgan fingerprint density at radius 1 is 1.17 bits per heavy atom. The van der Waals surface area contributed by atoms with Gasteiger partial charge in [-0.25, -0.2) is 9.97 Å². The van der Waals surface area contributed by atoms with E-state index in [0.29, 0.717) is 5.88 Å². The Morgan fingerprint density at radius 3 is 2.74 bits per heavy atom. The van der Waals surface area contributed by atoms with E-state index in [1.165, 1.54) is 5.56 Å². The molecular weight excluding hydrogens is 288 g/mol. The van der Waals surface area contributed by atoms with E-state index < -0.39 is 0 Å². The third-order valence-corrected chi connectivity index (χ3v) is 3.63. The number of likely N-dealkylation sites (N-methyl/N-ethyl adjacent to an activating group) is 1. The second kappa shape index (κ2) is 7.07. The van der Waals surface area contributed by atoms with Crippen LogP contribution in [0.2, 0.25) is 0 Å². The molecule has 0 spiro atoms.